The monoisotopic (exact) mass is 250 g/mol. The van der Waals surface area contributed by atoms with E-state index >= 15 is 0 Å². The number of rotatable bonds is 2. The molecule has 0 aromatic heterocycles. The maximum Gasteiger partial charge on any atom is 0.412 e. The van der Waals surface area contributed by atoms with Crippen LogP contribution >= 0.6 is 0 Å². The van der Waals surface area contributed by atoms with Crippen LogP contribution in [0.2, 0.25) is 0 Å². The van der Waals surface area contributed by atoms with Crippen molar-refractivity contribution in [2.24, 2.45) is 5.18 Å². The van der Waals surface area contributed by atoms with Crippen LogP contribution in [0.25, 0.3) is 0 Å². The molecule has 0 unspecified atom stereocenters. The molecule has 0 fully saturated rings. The lowest BCUT2D eigenvalue weighted by molar-refractivity contribution is 0.0635. The van der Waals surface area contributed by atoms with Crippen LogP contribution in [0.15, 0.2) is 29.4 Å². The van der Waals surface area contributed by atoms with Gasteiger partial charge in [0.15, 0.2) is 0 Å². The summed E-state index contributed by atoms with van der Waals surface area (Å²) in [7, 11) is 0. The number of carbonyl (C=O) groups is 2. The third-order valence-corrected chi connectivity index (χ3v) is 1.84. The van der Waals surface area contributed by atoms with Crippen LogP contribution in [0.5, 0.6) is 0 Å². The summed E-state index contributed by atoms with van der Waals surface area (Å²) in [6.45, 7) is 5.22. The van der Waals surface area contributed by atoms with Gasteiger partial charge in [-0.25, -0.2) is 4.79 Å². The molecule has 1 rings (SSSR count). The first-order chi connectivity index (χ1) is 8.31. The molecule has 1 aromatic rings. The van der Waals surface area contributed by atoms with Crippen LogP contribution in [-0.4, -0.2) is 17.6 Å². The lowest BCUT2D eigenvalue weighted by atomic mass is 10.2. The molecule has 0 aliphatic heterocycles. The van der Waals surface area contributed by atoms with Gasteiger partial charge >= 0.3 is 12.0 Å². The number of carbonyl (C=O) groups excluding carboxylic acids is 2. The minimum absolute atomic E-state index is 0.110. The fraction of sp³-hybridized carbons (Fsp3) is 0.333. The zero-order valence-electron chi connectivity index (χ0n) is 10.4. The van der Waals surface area contributed by atoms with E-state index < -0.39 is 17.6 Å². The second-order valence-electron chi connectivity index (χ2n) is 4.60. The largest absolute Gasteiger partial charge is 0.444 e. The number of benzene rings is 1. The van der Waals surface area contributed by atoms with Gasteiger partial charge in [0.05, 0.1) is 0 Å². The highest BCUT2D eigenvalue weighted by atomic mass is 16.6. The molecular formula is C12H14N2O4. The van der Waals surface area contributed by atoms with Crippen molar-refractivity contribution >= 4 is 17.7 Å². The molecule has 2 amide bonds. The van der Waals surface area contributed by atoms with Crippen molar-refractivity contribution < 1.29 is 14.3 Å². The molecule has 1 aromatic carbocycles. The Labute approximate surface area is 104 Å². The Hall–Kier alpha value is -2.24. The number of ether oxygens (including phenoxy) is 1. The van der Waals surface area contributed by atoms with E-state index in [1.807, 2.05) is 0 Å². The number of nitroso groups, excluding NO2 is 1. The van der Waals surface area contributed by atoms with E-state index in [9.17, 15) is 14.5 Å². The van der Waals surface area contributed by atoms with E-state index in [-0.39, 0.29) is 5.56 Å². The van der Waals surface area contributed by atoms with Crippen molar-refractivity contribution in [3.05, 3.63) is 34.7 Å². The summed E-state index contributed by atoms with van der Waals surface area (Å²) in [5, 5.41) is 4.77. The van der Waals surface area contributed by atoms with Crippen molar-refractivity contribution in [3.8, 4) is 0 Å². The van der Waals surface area contributed by atoms with Gasteiger partial charge in [0, 0.05) is 16.4 Å². The molecule has 18 heavy (non-hydrogen) atoms. The van der Waals surface area contributed by atoms with Gasteiger partial charge in [-0.2, -0.15) is 0 Å². The molecule has 0 aliphatic carbocycles. The normalized spacial score (nSPS) is 10.6. The predicted molar refractivity (Wildman–Crippen MR) is 66.4 cm³/mol. The quantitative estimate of drug-likeness (QED) is 0.817. The van der Waals surface area contributed by atoms with Gasteiger partial charge in [-0.05, 0) is 39.0 Å². The van der Waals surface area contributed by atoms with Crippen LogP contribution in [0.1, 0.15) is 31.1 Å². The number of nitrogens with one attached hydrogen (secondary N) is 1. The van der Waals surface area contributed by atoms with E-state index in [4.69, 9.17) is 4.74 Å². The fourth-order valence-corrected chi connectivity index (χ4v) is 1.20. The third kappa shape index (κ3) is 4.32. The van der Waals surface area contributed by atoms with Gasteiger partial charge in [-0.3, -0.25) is 10.1 Å². The van der Waals surface area contributed by atoms with E-state index in [1.165, 1.54) is 18.2 Å². The van der Waals surface area contributed by atoms with Gasteiger partial charge in [0.1, 0.15) is 5.60 Å². The molecule has 96 valence electrons. The molecular weight excluding hydrogens is 236 g/mol. The molecule has 0 spiro atoms. The SMILES string of the molecule is CC(C)(C)OC(=O)Nc1cccc(C(=O)N=O)c1. The summed E-state index contributed by atoms with van der Waals surface area (Å²) in [4.78, 5) is 32.6. The average Bonchev–Trinajstić information content (AvgIpc) is 2.25. The van der Waals surface area contributed by atoms with Gasteiger partial charge < -0.3 is 4.74 Å². The Morgan fingerprint density at radius 1 is 1.28 bits per heavy atom. The lowest BCUT2D eigenvalue weighted by Gasteiger charge is -2.19. The standard InChI is InChI=1S/C12H14N2O4/c1-12(2,3)18-11(16)13-9-6-4-5-8(7-9)10(15)14-17/h4-7H,1-3H3,(H,13,16). The van der Waals surface area contributed by atoms with Crippen molar-refractivity contribution in [1.82, 2.24) is 0 Å². The highest BCUT2D eigenvalue weighted by molar-refractivity contribution is 5.96. The summed E-state index contributed by atoms with van der Waals surface area (Å²) in [6, 6.07) is 5.90. The van der Waals surface area contributed by atoms with Gasteiger partial charge in [-0.1, -0.05) is 6.07 Å². The Balaban J connectivity index is 2.77. The molecule has 0 saturated carbocycles. The van der Waals surface area contributed by atoms with Gasteiger partial charge in [0.25, 0.3) is 0 Å². The minimum Gasteiger partial charge on any atom is -0.444 e. The fourth-order valence-electron chi connectivity index (χ4n) is 1.20. The molecule has 0 heterocycles. The molecule has 0 bridgehead atoms. The Morgan fingerprint density at radius 3 is 2.50 bits per heavy atom. The summed E-state index contributed by atoms with van der Waals surface area (Å²) < 4.78 is 5.05. The van der Waals surface area contributed by atoms with Crippen molar-refractivity contribution in [3.63, 3.8) is 0 Å². The van der Waals surface area contributed by atoms with Crippen LogP contribution in [0.4, 0.5) is 10.5 Å². The highest BCUT2D eigenvalue weighted by Gasteiger charge is 2.16. The summed E-state index contributed by atoms with van der Waals surface area (Å²) in [5.74, 6) is -0.886. The van der Waals surface area contributed by atoms with E-state index in [2.05, 4.69) is 10.5 Å². The number of amides is 2. The average molecular weight is 250 g/mol. The molecule has 6 heteroatoms. The van der Waals surface area contributed by atoms with Crippen molar-refractivity contribution in [2.75, 3.05) is 5.32 Å². The Kier molecular flexibility index (Phi) is 4.14. The first kappa shape index (κ1) is 13.8. The highest BCUT2D eigenvalue weighted by Crippen LogP contribution is 2.14. The lowest BCUT2D eigenvalue weighted by Crippen LogP contribution is -2.27. The molecule has 0 atom stereocenters. The number of anilines is 1. The van der Waals surface area contributed by atoms with Crippen LogP contribution in [-0.2, 0) is 4.74 Å². The zero-order chi connectivity index (χ0) is 13.8. The number of nitrogens with zero attached hydrogens (tertiary/aromatic N) is 1. The maximum atomic E-state index is 11.5. The minimum atomic E-state index is -0.886. The van der Waals surface area contributed by atoms with E-state index in [1.54, 1.807) is 26.8 Å². The van der Waals surface area contributed by atoms with Crippen LogP contribution < -0.4 is 5.32 Å². The predicted octanol–water partition coefficient (Wildman–Crippen LogP) is 2.94. The van der Waals surface area contributed by atoms with Gasteiger partial charge in [0.2, 0.25) is 0 Å². The number of hydrogen-bond donors (Lipinski definition) is 1. The zero-order valence-corrected chi connectivity index (χ0v) is 10.4. The second kappa shape index (κ2) is 5.39. The topological polar surface area (TPSA) is 84.8 Å². The molecule has 6 nitrogen and oxygen atoms in total. The maximum absolute atomic E-state index is 11.5. The summed E-state index contributed by atoms with van der Waals surface area (Å²) in [5.41, 5.74) is -0.140. The Morgan fingerprint density at radius 2 is 1.94 bits per heavy atom. The number of hydrogen-bond acceptors (Lipinski definition) is 4. The molecule has 1 N–H and O–H groups in total. The first-order valence-electron chi connectivity index (χ1n) is 5.29. The smallest absolute Gasteiger partial charge is 0.412 e. The summed E-state index contributed by atoms with van der Waals surface area (Å²) in [6.07, 6.45) is -0.633. The Bertz CT molecular complexity index is 477. The summed E-state index contributed by atoms with van der Waals surface area (Å²) >= 11 is 0. The van der Waals surface area contributed by atoms with Crippen molar-refractivity contribution in [2.45, 2.75) is 26.4 Å². The molecule has 0 saturated heterocycles. The third-order valence-electron chi connectivity index (χ3n) is 1.84. The van der Waals surface area contributed by atoms with Crippen LogP contribution in [0, 0.1) is 4.91 Å². The van der Waals surface area contributed by atoms with E-state index in [0.717, 1.165) is 0 Å². The van der Waals surface area contributed by atoms with Crippen molar-refractivity contribution in [1.29, 1.82) is 0 Å². The second-order valence-corrected chi connectivity index (χ2v) is 4.60. The van der Waals surface area contributed by atoms with Crippen LogP contribution in [0.3, 0.4) is 0 Å². The molecule has 0 radical (unpaired) electrons. The van der Waals surface area contributed by atoms with E-state index in [0.29, 0.717) is 5.69 Å². The molecule has 0 aliphatic rings. The first-order valence-corrected chi connectivity index (χ1v) is 5.29. The van der Waals surface area contributed by atoms with Gasteiger partial charge in [-0.15, -0.1) is 4.91 Å².